The van der Waals surface area contributed by atoms with Crippen molar-refractivity contribution in [2.24, 2.45) is 11.7 Å². The predicted octanol–water partition coefficient (Wildman–Crippen LogP) is 4.57. The summed E-state index contributed by atoms with van der Waals surface area (Å²) in [4.78, 5) is 0. The van der Waals surface area contributed by atoms with Crippen LogP contribution in [0, 0.1) is 5.92 Å². The molecule has 3 nitrogen and oxygen atoms in total. The number of halogens is 1. The van der Waals surface area contributed by atoms with Gasteiger partial charge in [-0.3, -0.25) is 0 Å². The third-order valence-corrected chi connectivity index (χ3v) is 5.13. The maximum Gasteiger partial charge on any atom is 0.123 e. The van der Waals surface area contributed by atoms with E-state index in [1.54, 1.807) is 0 Å². The number of benzene rings is 1. The standard InChI is InChI=1S/C20H33NO2.ClH/c1-19(2,3)14-10-13(11-15(18(14)23)20(4,5)6)16(21)17(22)12-8-7-9-12;/h10-12,16-17,22-23H,7-9,21H2,1-6H3;1H/t16-,17+;/m1./s1. The molecular formula is C20H34ClNO2. The summed E-state index contributed by atoms with van der Waals surface area (Å²) in [7, 11) is 0. The van der Waals surface area contributed by atoms with Crippen molar-refractivity contribution >= 4 is 12.4 Å². The average Bonchev–Trinajstić information content (AvgIpc) is 2.33. The second kappa shape index (κ2) is 7.23. The van der Waals surface area contributed by atoms with Crippen LogP contribution in [0.4, 0.5) is 0 Å². The summed E-state index contributed by atoms with van der Waals surface area (Å²) < 4.78 is 0. The molecule has 0 unspecified atom stereocenters. The smallest absolute Gasteiger partial charge is 0.123 e. The fourth-order valence-corrected chi connectivity index (χ4v) is 3.26. The van der Waals surface area contributed by atoms with Gasteiger partial charge in [0, 0.05) is 0 Å². The molecule has 4 N–H and O–H groups in total. The van der Waals surface area contributed by atoms with Crippen LogP contribution in [0.2, 0.25) is 0 Å². The molecule has 0 aliphatic heterocycles. The maximum atomic E-state index is 10.8. The lowest BCUT2D eigenvalue weighted by molar-refractivity contribution is 0.0413. The third-order valence-electron chi connectivity index (χ3n) is 5.13. The van der Waals surface area contributed by atoms with Crippen molar-refractivity contribution in [2.45, 2.75) is 83.8 Å². The number of phenolic OH excluding ortho intramolecular Hbond substituents is 1. The van der Waals surface area contributed by atoms with E-state index in [0.29, 0.717) is 11.7 Å². The van der Waals surface area contributed by atoms with E-state index < -0.39 is 12.1 Å². The van der Waals surface area contributed by atoms with E-state index in [-0.39, 0.29) is 23.2 Å². The monoisotopic (exact) mass is 355 g/mol. The molecule has 1 aromatic rings. The number of hydrogen-bond donors (Lipinski definition) is 3. The summed E-state index contributed by atoms with van der Waals surface area (Å²) in [5.74, 6) is 0.675. The van der Waals surface area contributed by atoms with Crippen molar-refractivity contribution in [2.75, 3.05) is 0 Å². The molecule has 1 aliphatic carbocycles. The van der Waals surface area contributed by atoms with Crippen molar-refractivity contribution < 1.29 is 10.2 Å². The number of nitrogens with two attached hydrogens (primary N) is 1. The molecule has 1 fully saturated rings. The second-order valence-electron chi connectivity index (χ2n) is 9.17. The van der Waals surface area contributed by atoms with Crippen LogP contribution in [0.5, 0.6) is 5.75 Å². The van der Waals surface area contributed by atoms with Crippen molar-refractivity contribution in [3.63, 3.8) is 0 Å². The van der Waals surface area contributed by atoms with Gasteiger partial charge in [0.1, 0.15) is 5.75 Å². The summed E-state index contributed by atoms with van der Waals surface area (Å²) in [5, 5.41) is 21.3. The zero-order valence-electron chi connectivity index (χ0n) is 15.9. The lowest BCUT2D eigenvalue weighted by atomic mass is 9.74. The minimum atomic E-state index is -0.506. The van der Waals surface area contributed by atoms with Gasteiger partial charge in [0.05, 0.1) is 12.1 Å². The van der Waals surface area contributed by atoms with Crippen LogP contribution in [0.25, 0.3) is 0 Å². The largest absolute Gasteiger partial charge is 0.507 e. The van der Waals surface area contributed by atoms with Crippen molar-refractivity contribution in [3.05, 3.63) is 28.8 Å². The molecule has 2 atom stereocenters. The van der Waals surface area contributed by atoms with Gasteiger partial charge in [-0.1, -0.05) is 48.0 Å². The van der Waals surface area contributed by atoms with Crippen LogP contribution in [-0.2, 0) is 10.8 Å². The van der Waals surface area contributed by atoms with Crippen LogP contribution in [0.15, 0.2) is 12.1 Å². The van der Waals surface area contributed by atoms with Gasteiger partial charge in [0.2, 0.25) is 0 Å². The summed E-state index contributed by atoms with van der Waals surface area (Å²) in [5.41, 5.74) is 8.76. The highest BCUT2D eigenvalue weighted by Gasteiger charge is 2.33. The van der Waals surface area contributed by atoms with Crippen molar-refractivity contribution in [3.8, 4) is 5.75 Å². The molecule has 0 amide bonds. The molecule has 1 aliphatic rings. The first-order chi connectivity index (χ1) is 10.4. The van der Waals surface area contributed by atoms with Crippen LogP contribution >= 0.6 is 12.4 Å². The van der Waals surface area contributed by atoms with E-state index in [1.807, 2.05) is 12.1 Å². The lowest BCUT2D eigenvalue weighted by Crippen LogP contribution is -2.36. The van der Waals surface area contributed by atoms with Crippen LogP contribution in [0.3, 0.4) is 0 Å². The van der Waals surface area contributed by atoms with Crippen LogP contribution in [0.1, 0.15) is 83.5 Å². The van der Waals surface area contributed by atoms with E-state index in [9.17, 15) is 10.2 Å². The zero-order chi connectivity index (χ0) is 17.6. The highest BCUT2D eigenvalue weighted by atomic mass is 35.5. The van der Waals surface area contributed by atoms with Gasteiger partial charge in [0.25, 0.3) is 0 Å². The number of rotatable bonds is 3. The van der Waals surface area contributed by atoms with Gasteiger partial charge in [-0.05, 0) is 58.4 Å². The number of phenols is 1. The molecule has 0 bridgehead atoms. The molecule has 0 radical (unpaired) electrons. The molecule has 0 spiro atoms. The lowest BCUT2D eigenvalue weighted by Gasteiger charge is -2.35. The van der Waals surface area contributed by atoms with Gasteiger partial charge in [-0.25, -0.2) is 0 Å². The first kappa shape index (κ1) is 21.3. The molecule has 4 heteroatoms. The third kappa shape index (κ3) is 4.25. The summed E-state index contributed by atoms with van der Waals surface area (Å²) in [6, 6.07) is 3.57. The van der Waals surface area contributed by atoms with Gasteiger partial charge in [0.15, 0.2) is 0 Å². The maximum absolute atomic E-state index is 10.8. The molecule has 1 aromatic carbocycles. The van der Waals surface area contributed by atoms with Crippen molar-refractivity contribution in [1.29, 1.82) is 0 Å². The Hall–Kier alpha value is -0.770. The Morgan fingerprint density at radius 2 is 1.42 bits per heavy atom. The quantitative estimate of drug-likeness (QED) is 0.744. The Balaban J connectivity index is 0.00000288. The minimum Gasteiger partial charge on any atom is -0.507 e. The summed E-state index contributed by atoms with van der Waals surface area (Å²) in [6.45, 7) is 12.5. The molecule has 0 aromatic heterocycles. The highest BCUT2D eigenvalue weighted by molar-refractivity contribution is 5.85. The van der Waals surface area contributed by atoms with Gasteiger partial charge >= 0.3 is 0 Å². The Bertz CT molecular complexity index is 533. The Morgan fingerprint density at radius 3 is 1.71 bits per heavy atom. The van der Waals surface area contributed by atoms with Gasteiger partial charge in [-0.2, -0.15) is 0 Å². The fraction of sp³-hybridized carbons (Fsp3) is 0.700. The zero-order valence-corrected chi connectivity index (χ0v) is 16.7. The van der Waals surface area contributed by atoms with Gasteiger partial charge < -0.3 is 15.9 Å². The topological polar surface area (TPSA) is 66.5 Å². The van der Waals surface area contributed by atoms with Crippen LogP contribution in [-0.4, -0.2) is 16.3 Å². The van der Waals surface area contributed by atoms with E-state index in [2.05, 4.69) is 41.5 Å². The number of aliphatic hydroxyl groups excluding tert-OH is 1. The fourth-order valence-electron chi connectivity index (χ4n) is 3.26. The first-order valence-electron chi connectivity index (χ1n) is 8.74. The molecule has 2 rings (SSSR count). The SMILES string of the molecule is CC(C)(C)c1cc([C@@H](N)[C@@H](O)C2CCC2)cc(C(C)(C)C)c1O.Cl. The molecule has 138 valence electrons. The molecular weight excluding hydrogens is 322 g/mol. The Morgan fingerprint density at radius 1 is 1.00 bits per heavy atom. The number of aromatic hydroxyl groups is 1. The van der Waals surface area contributed by atoms with E-state index in [4.69, 9.17) is 5.73 Å². The molecule has 0 saturated heterocycles. The average molecular weight is 356 g/mol. The Labute approximate surface area is 153 Å². The highest BCUT2D eigenvalue weighted by Crippen LogP contribution is 2.42. The molecule has 1 saturated carbocycles. The van der Waals surface area contributed by atoms with Crippen LogP contribution < -0.4 is 5.73 Å². The molecule has 0 heterocycles. The normalized spacial score (nSPS) is 18.5. The van der Waals surface area contributed by atoms with Gasteiger partial charge in [-0.15, -0.1) is 12.4 Å². The number of aliphatic hydroxyl groups is 1. The molecule has 24 heavy (non-hydrogen) atoms. The second-order valence-corrected chi connectivity index (χ2v) is 9.17. The van der Waals surface area contributed by atoms with E-state index >= 15 is 0 Å². The first-order valence-corrected chi connectivity index (χ1v) is 8.74. The summed E-state index contributed by atoms with van der Waals surface area (Å²) in [6.07, 6.45) is 2.80. The van der Waals surface area contributed by atoms with Crippen molar-refractivity contribution in [1.82, 2.24) is 0 Å². The number of hydrogen-bond acceptors (Lipinski definition) is 3. The van der Waals surface area contributed by atoms with E-state index in [1.165, 1.54) is 6.42 Å². The summed E-state index contributed by atoms with van der Waals surface area (Å²) >= 11 is 0. The van der Waals surface area contributed by atoms with E-state index in [0.717, 1.165) is 29.5 Å². The minimum absolute atomic E-state index is 0. The predicted molar refractivity (Wildman–Crippen MR) is 103 cm³/mol. The Kier molecular flexibility index (Phi) is 6.41.